The van der Waals surface area contributed by atoms with Gasteiger partial charge in [-0.1, -0.05) is 45.9 Å². The van der Waals surface area contributed by atoms with E-state index in [1.807, 2.05) is 40.7 Å². The van der Waals surface area contributed by atoms with Crippen LogP contribution in [0.15, 0.2) is 37.6 Å². The minimum absolute atomic E-state index is 0.0261. The Bertz CT molecular complexity index is 869. The summed E-state index contributed by atoms with van der Waals surface area (Å²) in [4.78, 5) is 24.1. The van der Waals surface area contributed by atoms with Crippen molar-refractivity contribution in [1.82, 2.24) is 0 Å². The predicted octanol–water partition coefficient (Wildman–Crippen LogP) is 7.70. The lowest BCUT2D eigenvalue weighted by Gasteiger charge is -2.52. The maximum Gasteiger partial charge on any atom is 0.310 e. The zero-order chi connectivity index (χ0) is 27.6. The molecule has 1 unspecified atom stereocenters. The molecule has 0 aromatic rings. The molecule has 0 aromatic heterocycles. The highest BCUT2D eigenvalue weighted by molar-refractivity contribution is 5.73. The molecule has 5 heteroatoms. The van der Waals surface area contributed by atoms with Gasteiger partial charge in [0, 0.05) is 24.7 Å². The van der Waals surface area contributed by atoms with E-state index >= 15 is 0 Å². The Kier molecular flexibility index (Phi) is 9.01. The number of allylic oxidation sites excluding steroid dienone is 2. The summed E-state index contributed by atoms with van der Waals surface area (Å²) in [5, 5.41) is 0. The number of ether oxygens (including phenoxy) is 3. The molecule has 0 bridgehead atoms. The maximum absolute atomic E-state index is 12.4. The Morgan fingerprint density at radius 2 is 1.72 bits per heavy atom. The molecule has 0 amide bonds. The molecule has 3 aliphatic rings. The highest BCUT2D eigenvalue weighted by Gasteiger charge is 2.56. The number of carbonyl (C=O) groups is 2. The summed E-state index contributed by atoms with van der Waals surface area (Å²) in [6.07, 6.45) is 11.5. The molecule has 36 heavy (non-hydrogen) atoms. The van der Waals surface area contributed by atoms with E-state index in [0.717, 1.165) is 31.4 Å². The standard InChI is InChI=1S/C18H30O4.C13H20O/c1-8-17(7)11-9-10-13(2)18(17,21-14(3)19)12-15(20)22-16(4,5)6;1-5-12(3)7-6-8-13(4)11(12)9-10(2)14-13/h8,13H,1,9-12H2,2-7H3;5,11H,1-2,6-9H2,3-4H3/t13-,17-,18-;11?,12-,13+/m11/s1. The van der Waals surface area contributed by atoms with Crippen molar-refractivity contribution in [3.05, 3.63) is 37.6 Å². The summed E-state index contributed by atoms with van der Waals surface area (Å²) in [5.74, 6) is 0.905. The topological polar surface area (TPSA) is 61.8 Å². The first-order chi connectivity index (χ1) is 16.5. The first-order valence-corrected chi connectivity index (χ1v) is 13.5. The van der Waals surface area contributed by atoms with Crippen LogP contribution < -0.4 is 0 Å². The lowest BCUT2D eigenvalue weighted by atomic mass is 9.58. The lowest BCUT2D eigenvalue weighted by Crippen LogP contribution is -2.57. The second-order valence-electron chi connectivity index (χ2n) is 12.9. The molecular formula is C31H50O5. The smallest absolute Gasteiger partial charge is 0.310 e. The van der Waals surface area contributed by atoms with Gasteiger partial charge >= 0.3 is 11.9 Å². The second kappa shape index (κ2) is 10.8. The fourth-order valence-corrected chi connectivity index (χ4v) is 6.82. The molecule has 1 heterocycles. The Hall–Kier alpha value is -2.04. The number of carbonyl (C=O) groups excluding carboxylic acids is 2. The van der Waals surface area contributed by atoms with Crippen molar-refractivity contribution >= 4 is 11.9 Å². The van der Waals surface area contributed by atoms with Gasteiger partial charge < -0.3 is 14.2 Å². The van der Waals surface area contributed by atoms with Crippen molar-refractivity contribution in [3.63, 3.8) is 0 Å². The highest BCUT2D eigenvalue weighted by atomic mass is 16.6. The zero-order valence-corrected chi connectivity index (χ0v) is 24.1. The molecule has 3 rings (SSSR count). The van der Waals surface area contributed by atoms with E-state index in [2.05, 4.69) is 39.7 Å². The van der Waals surface area contributed by atoms with Crippen molar-refractivity contribution in [1.29, 1.82) is 0 Å². The molecule has 204 valence electrons. The van der Waals surface area contributed by atoms with E-state index in [1.165, 1.54) is 26.2 Å². The number of fused-ring (bicyclic) bond motifs is 1. The minimum atomic E-state index is -0.888. The van der Waals surface area contributed by atoms with Crippen LogP contribution >= 0.6 is 0 Å². The van der Waals surface area contributed by atoms with Gasteiger partial charge in [-0.2, -0.15) is 0 Å². The van der Waals surface area contributed by atoms with E-state index in [4.69, 9.17) is 14.2 Å². The summed E-state index contributed by atoms with van der Waals surface area (Å²) in [6, 6.07) is 0. The van der Waals surface area contributed by atoms with E-state index < -0.39 is 16.6 Å². The molecule has 3 fully saturated rings. The number of rotatable bonds is 5. The van der Waals surface area contributed by atoms with Crippen LogP contribution in [0, 0.1) is 22.7 Å². The Morgan fingerprint density at radius 1 is 1.08 bits per heavy atom. The number of hydrogen-bond acceptors (Lipinski definition) is 5. The quantitative estimate of drug-likeness (QED) is 0.285. The Morgan fingerprint density at radius 3 is 2.25 bits per heavy atom. The van der Waals surface area contributed by atoms with Gasteiger partial charge in [0.25, 0.3) is 0 Å². The first-order valence-electron chi connectivity index (χ1n) is 13.5. The molecule has 0 spiro atoms. The Balaban J connectivity index is 0.000000278. The van der Waals surface area contributed by atoms with Crippen molar-refractivity contribution in [2.24, 2.45) is 22.7 Å². The third-order valence-corrected chi connectivity index (χ3v) is 8.90. The molecule has 5 nitrogen and oxygen atoms in total. The van der Waals surface area contributed by atoms with Crippen molar-refractivity contribution in [2.75, 3.05) is 0 Å². The predicted molar refractivity (Wildman–Crippen MR) is 145 cm³/mol. The molecule has 6 atom stereocenters. The zero-order valence-electron chi connectivity index (χ0n) is 24.1. The number of hydrogen-bond donors (Lipinski definition) is 0. The van der Waals surface area contributed by atoms with Gasteiger partial charge in [-0.3, -0.25) is 9.59 Å². The van der Waals surface area contributed by atoms with E-state index in [1.54, 1.807) is 0 Å². The molecule has 0 radical (unpaired) electrons. The third kappa shape index (κ3) is 6.26. The van der Waals surface area contributed by atoms with Crippen molar-refractivity contribution in [2.45, 2.75) is 124 Å². The monoisotopic (exact) mass is 502 g/mol. The molecular weight excluding hydrogens is 452 g/mol. The second-order valence-corrected chi connectivity index (χ2v) is 12.9. The van der Waals surface area contributed by atoms with Crippen LogP contribution in [0.3, 0.4) is 0 Å². The van der Waals surface area contributed by atoms with Crippen LogP contribution in [0.5, 0.6) is 0 Å². The summed E-state index contributed by atoms with van der Waals surface area (Å²) in [5.41, 5.74) is -1.61. The minimum Gasteiger partial charge on any atom is -0.492 e. The van der Waals surface area contributed by atoms with Crippen LogP contribution in [-0.4, -0.2) is 28.7 Å². The fraction of sp³-hybridized carbons (Fsp3) is 0.742. The van der Waals surface area contributed by atoms with Crippen LogP contribution in [-0.2, 0) is 23.8 Å². The van der Waals surface area contributed by atoms with Gasteiger partial charge in [0.05, 0.1) is 12.2 Å². The van der Waals surface area contributed by atoms with E-state index in [0.29, 0.717) is 5.92 Å². The number of esters is 2. The third-order valence-electron chi connectivity index (χ3n) is 8.90. The van der Waals surface area contributed by atoms with Crippen molar-refractivity contribution < 1.29 is 23.8 Å². The largest absolute Gasteiger partial charge is 0.492 e. The SMILES string of the molecule is C=C[C@]1(C)CCC[C@@H](C)[C@@]1(CC(=O)OC(C)(C)C)OC(C)=O.C=C[C@]1(C)CCC[C@]2(C)OC(=C)CC12. The van der Waals surface area contributed by atoms with E-state index in [-0.39, 0.29) is 35.3 Å². The maximum atomic E-state index is 12.4. The average Bonchev–Trinajstić information content (AvgIpc) is 3.06. The van der Waals surface area contributed by atoms with Gasteiger partial charge in [-0.05, 0) is 71.1 Å². The molecule has 2 aliphatic carbocycles. The van der Waals surface area contributed by atoms with Crippen molar-refractivity contribution in [3.8, 4) is 0 Å². The van der Waals surface area contributed by atoms with Crippen LogP contribution in [0.2, 0.25) is 0 Å². The molecule has 2 saturated carbocycles. The summed E-state index contributed by atoms with van der Waals surface area (Å²) < 4.78 is 17.1. The van der Waals surface area contributed by atoms with Crippen LogP contribution in [0.1, 0.15) is 107 Å². The van der Waals surface area contributed by atoms with E-state index in [9.17, 15) is 9.59 Å². The van der Waals surface area contributed by atoms with Gasteiger partial charge in [0.1, 0.15) is 16.8 Å². The fourth-order valence-electron chi connectivity index (χ4n) is 6.82. The van der Waals surface area contributed by atoms with Gasteiger partial charge in [-0.15, -0.1) is 13.2 Å². The van der Waals surface area contributed by atoms with Gasteiger partial charge in [0.15, 0.2) is 0 Å². The lowest BCUT2D eigenvalue weighted by molar-refractivity contribution is -0.197. The summed E-state index contributed by atoms with van der Waals surface area (Å²) in [6.45, 7) is 27.4. The molecule has 0 N–H and O–H groups in total. The van der Waals surface area contributed by atoms with Gasteiger partial charge in [0.2, 0.25) is 0 Å². The molecule has 1 aliphatic heterocycles. The Labute approximate surface area is 219 Å². The molecule has 0 aromatic carbocycles. The highest BCUT2D eigenvalue weighted by Crippen LogP contribution is 2.56. The summed E-state index contributed by atoms with van der Waals surface area (Å²) >= 11 is 0. The normalized spacial score (nSPS) is 37.9. The van der Waals surface area contributed by atoms with Gasteiger partial charge in [-0.25, -0.2) is 0 Å². The molecule has 1 saturated heterocycles. The van der Waals surface area contributed by atoms with Crippen LogP contribution in [0.4, 0.5) is 0 Å². The summed E-state index contributed by atoms with van der Waals surface area (Å²) in [7, 11) is 0. The first kappa shape index (κ1) is 30.2. The van der Waals surface area contributed by atoms with Crippen LogP contribution in [0.25, 0.3) is 0 Å². The average molecular weight is 503 g/mol.